The lowest BCUT2D eigenvalue weighted by Crippen LogP contribution is -2.02. The number of halogens is 1. The van der Waals surface area contributed by atoms with Gasteiger partial charge in [-0.2, -0.15) is 0 Å². The van der Waals surface area contributed by atoms with Gasteiger partial charge in [0.15, 0.2) is 16.6 Å². The van der Waals surface area contributed by atoms with Crippen molar-refractivity contribution in [2.24, 2.45) is 0 Å². The van der Waals surface area contributed by atoms with Crippen LogP contribution in [-0.2, 0) is 4.74 Å². The van der Waals surface area contributed by atoms with Crippen molar-refractivity contribution in [1.82, 2.24) is 19.6 Å². The lowest BCUT2D eigenvalue weighted by Gasteiger charge is -2.06. The number of hydrogen-bond donors (Lipinski definition) is 0. The summed E-state index contributed by atoms with van der Waals surface area (Å²) >= 11 is 5.84. The summed E-state index contributed by atoms with van der Waals surface area (Å²) in [5.41, 5.74) is 0.549. The molecular weight excluding hydrogens is 204 g/mol. The molecule has 2 aromatic rings. The van der Waals surface area contributed by atoms with Crippen LogP contribution in [-0.4, -0.2) is 26.7 Å². The zero-order chi connectivity index (χ0) is 10.1. The van der Waals surface area contributed by atoms with Gasteiger partial charge in [-0.1, -0.05) is 11.6 Å². The first-order valence-electron chi connectivity index (χ1n) is 4.12. The molecule has 6 heteroatoms. The van der Waals surface area contributed by atoms with Crippen molar-refractivity contribution in [2.45, 2.75) is 13.0 Å². The van der Waals surface area contributed by atoms with E-state index in [0.717, 1.165) is 0 Å². The van der Waals surface area contributed by atoms with E-state index in [9.17, 15) is 0 Å². The molecular formula is C8H9ClN4O. The average Bonchev–Trinajstić information content (AvgIpc) is 2.62. The molecule has 14 heavy (non-hydrogen) atoms. The van der Waals surface area contributed by atoms with E-state index in [4.69, 9.17) is 16.3 Å². The molecule has 0 saturated carbocycles. The first kappa shape index (κ1) is 9.36. The lowest BCUT2D eigenvalue weighted by molar-refractivity contribution is 0.111. The van der Waals surface area contributed by atoms with Crippen molar-refractivity contribution in [2.75, 3.05) is 7.11 Å². The summed E-state index contributed by atoms with van der Waals surface area (Å²) in [6.45, 7) is 1.89. The van der Waals surface area contributed by atoms with Gasteiger partial charge in [0.05, 0.1) is 0 Å². The fraction of sp³-hybridized carbons (Fsp3) is 0.375. The number of ether oxygens (including phenoxy) is 1. The molecule has 74 valence electrons. The minimum atomic E-state index is -0.122. The smallest absolute Gasteiger partial charge is 0.198 e. The van der Waals surface area contributed by atoms with Crippen LogP contribution in [0.2, 0.25) is 5.15 Å². The molecule has 1 unspecified atom stereocenters. The van der Waals surface area contributed by atoms with E-state index in [-0.39, 0.29) is 6.10 Å². The molecule has 2 aromatic heterocycles. The van der Waals surface area contributed by atoms with Crippen molar-refractivity contribution >= 4 is 17.2 Å². The summed E-state index contributed by atoms with van der Waals surface area (Å²) in [6, 6.07) is 0. The monoisotopic (exact) mass is 212 g/mol. The summed E-state index contributed by atoms with van der Waals surface area (Å²) in [5, 5.41) is 8.26. The highest BCUT2D eigenvalue weighted by Gasteiger charge is 2.13. The molecule has 2 rings (SSSR count). The van der Waals surface area contributed by atoms with E-state index < -0.39 is 0 Å². The Morgan fingerprint density at radius 3 is 3.00 bits per heavy atom. The molecule has 0 aromatic carbocycles. The van der Waals surface area contributed by atoms with Crippen LogP contribution in [0.4, 0.5) is 0 Å². The van der Waals surface area contributed by atoms with E-state index in [1.807, 2.05) is 6.92 Å². The third-order valence-electron chi connectivity index (χ3n) is 2.03. The second kappa shape index (κ2) is 3.51. The van der Waals surface area contributed by atoms with Crippen LogP contribution in [0, 0.1) is 0 Å². The highest BCUT2D eigenvalue weighted by molar-refractivity contribution is 6.32. The highest BCUT2D eigenvalue weighted by Crippen LogP contribution is 2.17. The standard InChI is InChI=1S/C8H9ClN4O/c1-5(14-2)7-11-12-8-6(9)10-3-4-13(7)8/h3-5H,1-2H3. The summed E-state index contributed by atoms with van der Waals surface area (Å²) < 4.78 is 6.92. The van der Waals surface area contributed by atoms with E-state index in [2.05, 4.69) is 15.2 Å². The Morgan fingerprint density at radius 1 is 1.50 bits per heavy atom. The Bertz CT molecular complexity index is 456. The Balaban J connectivity index is 2.63. The first-order chi connectivity index (χ1) is 6.74. The number of methoxy groups -OCH3 is 1. The molecule has 2 heterocycles. The van der Waals surface area contributed by atoms with Crippen molar-refractivity contribution < 1.29 is 4.74 Å². The van der Waals surface area contributed by atoms with Gasteiger partial charge >= 0.3 is 0 Å². The molecule has 1 atom stereocenters. The maximum Gasteiger partial charge on any atom is 0.198 e. The van der Waals surface area contributed by atoms with E-state index in [1.54, 1.807) is 23.9 Å². The first-order valence-corrected chi connectivity index (χ1v) is 4.49. The SMILES string of the molecule is COC(C)c1nnc2c(Cl)nccn12. The predicted molar refractivity (Wildman–Crippen MR) is 51.2 cm³/mol. The topological polar surface area (TPSA) is 52.3 Å². The maximum absolute atomic E-state index is 5.84. The molecule has 0 aliphatic carbocycles. The molecule has 0 saturated heterocycles. The van der Waals surface area contributed by atoms with Crippen LogP contribution in [0.15, 0.2) is 12.4 Å². The summed E-state index contributed by atoms with van der Waals surface area (Å²) in [5.74, 6) is 0.715. The number of nitrogens with zero attached hydrogens (tertiary/aromatic N) is 4. The van der Waals surface area contributed by atoms with Crippen LogP contribution >= 0.6 is 11.6 Å². The normalized spacial score (nSPS) is 13.4. The molecule has 0 radical (unpaired) electrons. The van der Waals surface area contributed by atoms with E-state index in [0.29, 0.717) is 16.6 Å². The Morgan fingerprint density at radius 2 is 2.29 bits per heavy atom. The zero-order valence-electron chi connectivity index (χ0n) is 7.81. The van der Waals surface area contributed by atoms with Crippen LogP contribution in [0.25, 0.3) is 5.65 Å². The maximum atomic E-state index is 5.84. The molecule has 0 spiro atoms. The van der Waals surface area contributed by atoms with Crippen molar-refractivity contribution in [3.05, 3.63) is 23.4 Å². The van der Waals surface area contributed by atoms with Gasteiger partial charge in [0, 0.05) is 19.5 Å². The average molecular weight is 213 g/mol. The van der Waals surface area contributed by atoms with Crippen molar-refractivity contribution in [1.29, 1.82) is 0 Å². The minimum absolute atomic E-state index is 0.122. The van der Waals surface area contributed by atoms with Crippen molar-refractivity contribution in [3.63, 3.8) is 0 Å². The van der Waals surface area contributed by atoms with E-state index >= 15 is 0 Å². The number of fused-ring (bicyclic) bond motifs is 1. The minimum Gasteiger partial charge on any atom is -0.374 e. The van der Waals surface area contributed by atoms with Gasteiger partial charge in [0.1, 0.15) is 6.10 Å². The van der Waals surface area contributed by atoms with Gasteiger partial charge in [0.25, 0.3) is 0 Å². The second-order valence-corrected chi connectivity index (χ2v) is 3.21. The predicted octanol–water partition coefficient (Wildman–Crippen LogP) is 1.49. The van der Waals surface area contributed by atoms with Gasteiger partial charge in [-0.3, -0.25) is 4.40 Å². The molecule has 0 aliphatic heterocycles. The second-order valence-electron chi connectivity index (χ2n) is 2.85. The van der Waals surface area contributed by atoms with Crippen molar-refractivity contribution in [3.8, 4) is 0 Å². The Kier molecular flexibility index (Phi) is 2.35. The quantitative estimate of drug-likeness (QED) is 0.757. The van der Waals surface area contributed by atoms with Crippen LogP contribution in [0.1, 0.15) is 18.9 Å². The molecule has 0 bridgehead atoms. The van der Waals surface area contributed by atoms with Crippen LogP contribution in [0.3, 0.4) is 0 Å². The van der Waals surface area contributed by atoms with Gasteiger partial charge in [0.2, 0.25) is 0 Å². The molecule has 0 amide bonds. The van der Waals surface area contributed by atoms with Crippen LogP contribution < -0.4 is 0 Å². The fourth-order valence-electron chi connectivity index (χ4n) is 1.20. The summed E-state index contributed by atoms with van der Waals surface area (Å²) in [6.07, 6.45) is 3.24. The highest BCUT2D eigenvalue weighted by atomic mass is 35.5. The van der Waals surface area contributed by atoms with Gasteiger partial charge < -0.3 is 4.74 Å². The lowest BCUT2D eigenvalue weighted by atomic mass is 10.4. The molecule has 5 nitrogen and oxygen atoms in total. The Labute approximate surface area is 85.7 Å². The van der Waals surface area contributed by atoms with Gasteiger partial charge in [-0.25, -0.2) is 4.98 Å². The zero-order valence-corrected chi connectivity index (χ0v) is 8.56. The Hall–Kier alpha value is -1.20. The summed E-state index contributed by atoms with van der Waals surface area (Å²) in [7, 11) is 1.62. The van der Waals surface area contributed by atoms with Gasteiger partial charge in [-0.05, 0) is 6.92 Å². The number of aromatic nitrogens is 4. The van der Waals surface area contributed by atoms with E-state index in [1.165, 1.54) is 0 Å². The van der Waals surface area contributed by atoms with Crippen LogP contribution in [0.5, 0.6) is 0 Å². The summed E-state index contributed by atoms with van der Waals surface area (Å²) in [4.78, 5) is 3.91. The third kappa shape index (κ3) is 1.34. The fourth-order valence-corrected chi connectivity index (χ4v) is 1.38. The molecule has 0 aliphatic rings. The number of hydrogen-bond acceptors (Lipinski definition) is 4. The van der Waals surface area contributed by atoms with Gasteiger partial charge in [-0.15, -0.1) is 10.2 Å². The largest absolute Gasteiger partial charge is 0.374 e. The number of rotatable bonds is 2. The molecule has 0 N–H and O–H groups in total. The molecule has 0 fully saturated rings. The third-order valence-corrected chi connectivity index (χ3v) is 2.29.